The van der Waals surface area contributed by atoms with E-state index in [-0.39, 0.29) is 19.6 Å². The molecule has 4 N–H and O–H groups in total. The Labute approximate surface area is 138 Å². The van der Waals surface area contributed by atoms with E-state index in [1.165, 1.54) is 14.2 Å². The first-order chi connectivity index (χ1) is 11.4. The molecule has 0 radical (unpaired) electrons. The molecule has 2 fully saturated rings. The van der Waals surface area contributed by atoms with Crippen molar-refractivity contribution in [3.8, 4) is 0 Å². The molecule has 140 valence electrons. The van der Waals surface area contributed by atoms with Crippen LogP contribution in [0.5, 0.6) is 0 Å². The quantitative estimate of drug-likeness (QED) is 0.412. The molecule has 0 saturated carbocycles. The predicted molar refractivity (Wildman–Crippen MR) is 76.2 cm³/mol. The number of aliphatic carboxylic acids is 1. The zero-order valence-electron chi connectivity index (χ0n) is 13.5. The molecule has 24 heavy (non-hydrogen) atoms. The molecule has 2 rings (SSSR count). The van der Waals surface area contributed by atoms with Gasteiger partial charge in [0.1, 0.15) is 24.4 Å². The number of rotatable bonds is 6. The Morgan fingerprint density at radius 2 is 1.92 bits per heavy atom. The number of ether oxygens (including phenoxy) is 5. The van der Waals surface area contributed by atoms with Gasteiger partial charge < -0.3 is 44.1 Å². The number of aliphatic hydroxyl groups is 3. The summed E-state index contributed by atoms with van der Waals surface area (Å²) in [5, 5.41) is 38.4. The fourth-order valence-electron chi connectivity index (χ4n) is 2.92. The average molecular weight is 352 g/mol. The first-order valence-corrected chi connectivity index (χ1v) is 7.60. The highest BCUT2D eigenvalue weighted by molar-refractivity contribution is 5.73. The molecule has 10 heteroatoms. The van der Waals surface area contributed by atoms with Crippen molar-refractivity contribution in [2.75, 3.05) is 27.4 Å². The van der Waals surface area contributed by atoms with Gasteiger partial charge in [-0.15, -0.1) is 0 Å². The van der Waals surface area contributed by atoms with E-state index in [2.05, 4.69) is 0 Å². The molecule has 0 bridgehead atoms. The van der Waals surface area contributed by atoms with Crippen LogP contribution in [0.3, 0.4) is 0 Å². The van der Waals surface area contributed by atoms with Crippen molar-refractivity contribution in [2.45, 2.75) is 55.4 Å². The number of carboxylic acid groups (broad SMARTS) is 1. The summed E-state index contributed by atoms with van der Waals surface area (Å²) in [5.74, 6) is -1.26. The normalized spacial score (nSPS) is 43.5. The second-order valence-corrected chi connectivity index (χ2v) is 5.77. The minimum Gasteiger partial charge on any atom is -0.479 e. The topological polar surface area (TPSA) is 144 Å². The Bertz CT molecular complexity index is 418. The number of hydrogen-bond donors (Lipinski definition) is 4. The zero-order valence-corrected chi connectivity index (χ0v) is 13.5. The molecule has 6 unspecified atom stereocenters. The summed E-state index contributed by atoms with van der Waals surface area (Å²) < 4.78 is 26.8. The van der Waals surface area contributed by atoms with Crippen molar-refractivity contribution in [1.29, 1.82) is 0 Å². The Kier molecular flexibility index (Phi) is 6.89. The first kappa shape index (κ1) is 19.5. The minimum absolute atomic E-state index is 0.00179. The second kappa shape index (κ2) is 8.50. The summed E-state index contributed by atoms with van der Waals surface area (Å²) in [4.78, 5) is 11.4. The Balaban J connectivity index is 2.18. The lowest BCUT2D eigenvalue weighted by Gasteiger charge is -2.43. The lowest BCUT2D eigenvalue weighted by atomic mass is 9.98. The summed E-state index contributed by atoms with van der Waals surface area (Å²) in [7, 11) is 2.80. The minimum atomic E-state index is -1.40. The maximum Gasteiger partial charge on any atom is 0.335 e. The maximum absolute atomic E-state index is 11.4. The molecule has 2 saturated heterocycles. The van der Waals surface area contributed by atoms with Gasteiger partial charge in [-0.2, -0.15) is 0 Å². The maximum atomic E-state index is 11.4. The van der Waals surface area contributed by atoms with Gasteiger partial charge in [-0.25, -0.2) is 4.79 Å². The van der Waals surface area contributed by atoms with E-state index in [1.54, 1.807) is 0 Å². The molecule has 0 aromatic heterocycles. The van der Waals surface area contributed by atoms with Gasteiger partial charge in [0.25, 0.3) is 0 Å². The number of carbonyl (C=O) groups is 1. The lowest BCUT2D eigenvalue weighted by molar-refractivity contribution is -0.318. The van der Waals surface area contributed by atoms with Crippen molar-refractivity contribution in [3.05, 3.63) is 0 Å². The largest absolute Gasteiger partial charge is 0.479 e. The number of carboxylic acids is 1. The van der Waals surface area contributed by atoms with Crippen LogP contribution in [0.15, 0.2) is 0 Å². The second-order valence-electron chi connectivity index (χ2n) is 5.77. The zero-order chi connectivity index (χ0) is 17.9. The van der Waals surface area contributed by atoms with Crippen LogP contribution in [0.1, 0.15) is 6.42 Å². The van der Waals surface area contributed by atoms with Crippen LogP contribution in [0.2, 0.25) is 0 Å². The van der Waals surface area contributed by atoms with E-state index >= 15 is 0 Å². The van der Waals surface area contributed by atoms with Gasteiger partial charge in [-0.05, 0) is 0 Å². The SMILES string of the molecule is COC1COC(C(=O)O)[C@H](O[C@@H]2OC(CO)CC(O)C2O)C1OC. The van der Waals surface area contributed by atoms with Crippen LogP contribution in [0.4, 0.5) is 0 Å². The van der Waals surface area contributed by atoms with Gasteiger partial charge in [-0.1, -0.05) is 0 Å². The van der Waals surface area contributed by atoms with E-state index in [9.17, 15) is 25.2 Å². The summed E-state index contributed by atoms with van der Waals surface area (Å²) >= 11 is 0. The summed E-state index contributed by atoms with van der Waals surface area (Å²) in [6.07, 6.45) is -8.47. The van der Waals surface area contributed by atoms with Gasteiger partial charge >= 0.3 is 5.97 Å². The lowest BCUT2D eigenvalue weighted by Crippen LogP contribution is -2.61. The molecular weight excluding hydrogens is 328 g/mol. The smallest absolute Gasteiger partial charge is 0.335 e. The molecule has 0 aromatic rings. The van der Waals surface area contributed by atoms with E-state index < -0.39 is 55.0 Å². The van der Waals surface area contributed by atoms with Crippen LogP contribution in [0.25, 0.3) is 0 Å². The van der Waals surface area contributed by atoms with Crippen LogP contribution in [-0.2, 0) is 28.5 Å². The summed E-state index contributed by atoms with van der Waals surface area (Å²) in [6, 6.07) is 0. The molecule has 2 aliphatic rings. The van der Waals surface area contributed by atoms with Crippen LogP contribution in [0, 0.1) is 0 Å². The van der Waals surface area contributed by atoms with Gasteiger partial charge in [0.15, 0.2) is 12.4 Å². The first-order valence-electron chi connectivity index (χ1n) is 7.60. The van der Waals surface area contributed by atoms with Gasteiger partial charge in [-0.3, -0.25) is 0 Å². The van der Waals surface area contributed by atoms with Crippen molar-refractivity contribution in [1.82, 2.24) is 0 Å². The summed E-state index contributed by atoms with van der Waals surface area (Å²) in [6.45, 7) is -0.372. The molecule has 10 nitrogen and oxygen atoms in total. The molecular formula is C14H24O10. The molecule has 0 spiro atoms. The third-order valence-corrected chi connectivity index (χ3v) is 4.25. The Morgan fingerprint density at radius 3 is 2.46 bits per heavy atom. The van der Waals surface area contributed by atoms with E-state index in [1.807, 2.05) is 0 Å². The van der Waals surface area contributed by atoms with Crippen LogP contribution < -0.4 is 0 Å². The Hall–Kier alpha value is -0.850. The number of hydrogen-bond acceptors (Lipinski definition) is 9. The molecule has 8 atom stereocenters. The molecule has 0 aromatic carbocycles. The van der Waals surface area contributed by atoms with E-state index in [0.29, 0.717) is 0 Å². The van der Waals surface area contributed by atoms with Crippen LogP contribution in [-0.4, -0.2) is 103 Å². The van der Waals surface area contributed by atoms with Crippen molar-refractivity contribution < 1.29 is 48.9 Å². The monoisotopic (exact) mass is 352 g/mol. The molecule has 0 amide bonds. The average Bonchev–Trinajstić information content (AvgIpc) is 2.57. The third-order valence-electron chi connectivity index (χ3n) is 4.25. The fourth-order valence-corrected chi connectivity index (χ4v) is 2.92. The standard InChI is InChI=1S/C14H24O10/c1-20-8-5-22-12(13(18)19)11(10(8)21-2)24-14-9(17)7(16)3-6(4-15)23-14/h6-12,14-17H,3-5H2,1-2H3,(H,18,19)/t6?,7?,8?,9?,10?,11-,12?,14+/m1/s1. The third kappa shape index (κ3) is 4.03. The molecule has 2 heterocycles. The summed E-state index contributed by atoms with van der Waals surface area (Å²) in [5.41, 5.74) is 0. The van der Waals surface area contributed by atoms with Crippen molar-refractivity contribution in [3.63, 3.8) is 0 Å². The fraction of sp³-hybridized carbons (Fsp3) is 0.929. The van der Waals surface area contributed by atoms with Crippen LogP contribution >= 0.6 is 0 Å². The predicted octanol–water partition coefficient (Wildman–Crippen LogP) is -2.29. The Morgan fingerprint density at radius 1 is 1.21 bits per heavy atom. The molecule has 2 aliphatic heterocycles. The number of methoxy groups -OCH3 is 2. The van der Waals surface area contributed by atoms with Gasteiger partial charge in [0.2, 0.25) is 0 Å². The molecule has 0 aliphatic carbocycles. The van der Waals surface area contributed by atoms with E-state index in [0.717, 1.165) is 0 Å². The highest BCUT2D eigenvalue weighted by Crippen LogP contribution is 2.28. The highest BCUT2D eigenvalue weighted by Gasteiger charge is 2.49. The van der Waals surface area contributed by atoms with Crippen molar-refractivity contribution >= 4 is 5.97 Å². The number of aliphatic hydroxyl groups excluding tert-OH is 3. The van der Waals surface area contributed by atoms with Gasteiger partial charge in [0, 0.05) is 20.6 Å². The highest BCUT2D eigenvalue weighted by atomic mass is 16.7. The van der Waals surface area contributed by atoms with Crippen molar-refractivity contribution in [2.24, 2.45) is 0 Å². The van der Waals surface area contributed by atoms with E-state index in [4.69, 9.17) is 23.7 Å². The van der Waals surface area contributed by atoms with Gasteiger partial charge in [0.05, 0.1) is 25.4 Å².